The molecule has 4 heterocycles. The van der Waals surface area contributed by atoms with Crippen molar-refractivity contribution >= 4 is 23.1 Å². The highest BCUT2D eigenvalue weighted by Gasteiger charge is 2.50. The molecular weight excluding hydrogens is 498 g/mol. The first-order chi connectivity index (χ1) is 19.0. The van der Waals surface area contributed by atoms with E-state index >= 15 is 0 Å². The third-order valence-electron chi connectivity index (χ3n) is 7.80. The molecule has 2 aromatic heterocycles. The number of hydrogen-bond donors (Lipinski definition) is 1. The molecule has 0 radical (unpaired) electrons. The van der Waals surface area contributed by atoms with Crippen molar-refractivity contribution in [1.82, 2.24) is 24.9 Å². The number of rotatable bonds is 6. The summed E-state index contributed by atoms with van der Waals surface area (Å²) in [5, 5.41) is 11.8. The standard InChI is InChI=1S/C28H31N7O4/c1-18-31-32-26-25(30-21(16-34(18)26)19-14-22(37-2)24(39-4)23(15-19)38-3)33-12-10-28(11-13-33)27(36)29-17-35(28)20-8-6-5-7-9-20/h5-9,14-16H,10-13,17H2,1-4H3,(H,29,36). The van der Waals surface area contributed by atoms with E-state index in [9.17, 15) is 4.79 Å². The van der Waals surface area contributed by atoms with Crippen molar-refractivity contribution in [2.75, 3.05) is 50.9 Å². The Balaban J connectivity index is 1.37. The smallest absolute Gasteiger partial charge is 0.247 e. The van der Waals surface area contributed by atoms with E-state index in [1.807, 2.05) is 47.9 Å². The summed E-state index contributed by atoms with van der Waals surface area (Å²) in [7, 11) is 4.76. The van der Waals surface area contributed by atoms with E-state index in [1.54, 1.807) is 21.3 Å². The van der Waals surface area contributed by atoms with Crippen LogP contribution in [0, 0.1) is 6.92 Å². The number of nitrogens with zero attached hydrogens (tertiary/aromatic N) is 6. The van der Waals surface area contributed by atoms with Crippen molar-refractivity contribution in [2.45, 2.75) is 25.3 Å². The molecule has 39 heavy (non-hydrogen) atoms. The third kappa shape index (κ3) is 3.96. The molecule has 1 spiro atoms. The topological polar surface area (TPSA) is 106 Å². The van der Waals surface area contributed by atoms with Crippen LogP contribution >= 0.6 is 0 Å². The summed E-state index contributed by atoms with van der Waals surface area (Å²) in [6.45, 7) is 3.70. The van der Waals surface area contributed by atoms with Crippen molar-refractivity contribution in [3.8, 4) is 28.5 Å². The summed E-state index contributed by atoms with van der Waals surface area (Å²) in [5.41, 5.74) is 2.65. The van der Waals surface area contributed by atoms with Crippen LogP contribution in [0.4, 0.5) is 11.5 Å². The van der Waals surface area contributed by atoms with Crippen molar-refractivity contribution in [3.05, 3.63) is 54.5 Å². The summed E-state index contributed by atoms with van der Waals surface area (Å²) in [5.74, 6) is 3.16. The number of aryl methyl sites for hydroxylation is 1. The van der Waals surface area contributed by atoms with Gasteiger partial charge in [-0.1, -0.05) is 18.2 Å². The predicted octanol–water partition coefficient (Wildman–Crippen LogP) is 3.06. The summed E-state index contributed by atoms with van der Waals surface area (Å²) in [6, 6.07) is 13.9. The van der Waals surface area contributed by atoms with Crippen LogP contribution < -0.4 is 29.3 Å². The molecule has 11 nitrogen and oxygen atoms in total. The molecule has 202 valence electrons. The number of nitrogens with one attached hydrogen (secondary N) is 1. The number of amides is 1. The zero-order valence-corrected chi connectivity index (χ0v) is 22.5. The van der Waals surface area contributed by atoms with Gasteiger partial charge in [-0.2, -0.15) is 0 Å². The highest BCUT2D eigenvalue weighted by molar-refractivity contribution is 5.93. The van der Waals surface area contributed by atoms with Gasteiger partial charge in [-0.3, -0.25) is 9.20 Å². The summed E-state index contributed by atoms with van der Waals surface area (Å²) >= 11 is 0. The van der Waals surface area contributed by atoms with E-state index in [-0.39, 0.29) is 5.91 Å². The second-order valence-corrected chi connectivity index (χ2v) is 9.75. The molecule has 2 saturated heterocycles. The number of benzene rings is 2. The van der Waals surface area contributed by atoms with Crippen LogP contribution in [-0.4, -0.2) is 72.1 Å². The second-order valence-electron chi connectivity index (χ2n) is 9.75. The maximum absolute atomic E-state index is 13.2. The normalized spacial score (nSPS) is 16.6. The summed E-state index contributed by atoms with van der Waals surface area (Å²) in [6.07, 6.45) is 3.23. The number of aromatic nitrogens is 4. The fraction of sp³-hybridized carbons (Fsp3) is 0.357. The minimum atomic E-state index is -0.591. The van der Waals surface area contributed by atoms with Gasteiger partial charge >= 0.3 is 0 Å². The maximum atomic E-state index is 13.2. The van der Waals surface area contributed by atoms with E-state index in [4.69, 9.17) is 19.2 Å². The Morgan fingerprint density at radius 1 is 0.949 bits per heavy atom. The Morgan fingerprint density at radius 2 is 1.64 bits per heavy atom. The maximum Gasteiger partial charge on any atom is 0.247 e. The van der Waals surface area contributed by atoms with Crippen molar-refractivity contribution < 1.29 is 19.0 Å². The van der Waals surface area contributed by atoms with Gasteiger partial charge in [-0.15, -0.1) is 10.2 Å². The van der Waals surface area contributed by atoms with Crippen molar-refractivity contribution in [3.63, 3.8) is 0 Å². The molecule has 0 unspecified atom stereocenters. The van der Waals surface area contributed by atoms with E-state index < -0.39 is 5.54 Å². The van der Waals surface area contributed by atoms with Crippen molar-refractivity contribution in [2.24, 2.45) is 0 Å². The Bertz CT molecular complexity index is 1500. The molecular formula is C28H31N7O4. The number of fused-ring (bicyclic) bond motifs is 1. The highest BCUT2D eigenvalue weighted by atomic mass is 16.5. The fourth-order valence-corrected chi connectivity index (χ4v) is 5.69. The minimum absolute atomic E-state index is 0.0774. The predicted molar refractivity (Wildman–Crippen MR) is 147 cm³/mol. The number of carbonyl (C=O) groups is 1. The number of para-hydroxylation sites is 1. The van der Waals surface area contributed by atoms with Crippen LogP contribution in [0.5, 0.6) is 17.2 Å². The average Bonchev–Trinajstić information content (AvgIpc) is 3.51. The van der Waals surface area contributed by atoms with E-state index in [0.29, 0.717) is 61.2 Å². The Labute approximate surface area is 226 Å². The van der Waals surface area contributed by atoms with Gasteiger partial charge in [0.2, 0.25) is 17.3 Å². The number of ether oxygens (including phenoxy) is 3. The van der Waals surface area contributed by atoms with E-state index in [0.717, 1.165) is 22.9 Å². The number of anilines is 2. The van der Waals surface area contributed by atoms with Crippen LogP contribution in [0.2, 0.25) is 0 Å². The number of piperidine rings is 1. The Hall–Kier alpha value is -4.54. The van der Waals surface area contributed by atoms with Gasteiger partial charge in [0, 0.05) is 30.5 Å². The first-order valence-electron chi connectivity index (χ1n) is 12.9. The van der Waals surface area contributed by atoms with Gasteiger partial charge in [0.1, 0.15) is 11.4 Å². The molecule has 0 atom stereocenters. The van der Waals surface area contributed by atoms with Crippen molar-refractivity contribution in [1.29, 1.82) is 0 Å². The van der Waals surface area contributed by atoms with Crippen LogP contribution in [-0.2, 0) is 4.79 Å². The molecule has 4 aromatic rings. The molecule has 2 aliphatic heterocycles. The van der Waals surface area contributed by atoms with Crippen LogP contribution in [0.1, 0.15) is 18.7 Å². The fourth-order valence-electron chi connectivity index (χ4n) is 5.69. The SMILES string of the molecule is COc1cc(-c2cn3c(C)nnc3c(N3CCC4(CC3)C(=O)NCN4c3ccccc3)n2)cc(OC)c1OC. The van der Waals surface area contributed by atoms with E-state index in [1.165, 1.54) is 0 Å². The van der Waals surface area contributed by atoms with Gasteiger partial charge in [-0.25, -0.2) is 4.98 Å². The second kappa shape index (κ2) is 9.64. The number of methoxy groups -OCH3 is 3. The van der Waals surface area contributed by atoms with Gasteiger partial charge in [0.25, 0.3) is 0 Å². The molecule has 0 bridgehead atoms. The minimum Gasteiger partial charge on any atom is -0.493 e. The van der Waals surface area contributed by atoms with Gasteiger partial charge in [0.15, 0.2) is 17.3 Å². The molecule has 2 aromatic carbocycles. The lowest BCUT2D eigenvalue weighted by Crippen LogP contribution is -2.56. The molecule has 6 rings (SSSR count). The molecule has 1 N–H and O–H groups in total. The third-order valence-corrected chi connectivity index (χ3v) is 7.80. The number of carbonyl (C=O) groups excluding carboxylic acids is 1. The Kier molecular flexibility index (Phi) is 6.13. The van der Waals surface area contributed by atoms with Crippen LogP contribution in [0.15, 0.2) is 48.7 Å². The summed E-state index contributed by atoms with van der Waals surface area (Å²) < 4.78 is 18.6. The van der Waals surface area contributed by atoms with Gasteiger partial charge in [-0.05, 0) is 44.0 Å². The molecule has 0 aliphatic carbocycles. The van der Waals surface area contributed by atoms with Gasteiger partial charge < -0.3 is 29.3 Å². The van der Waals surface area contributed by atoms with E-state index in [2.05, 4.69) is 37.4 Å². The average molecular weight is 530 g/mol. The van der Waals surface area contributed by atoms with Gasteiger partial charge in [0.05, 0.1) is 33.7 Å². The molecule has 2 fully saturated rings. The number of hydrogen-bond acceptors (Lipinski definition) is 9. The zero-order valence-electron chi connectivity index (χ0n) is 22.5. The summed E-state index contributed by atoms with van der Waals surface area (Å²) in [4.78, 5) is 22.6. The zero-order chi connectivity index (χ0) is 27.1. The first-order valence-corrected chi connectivity index (χ1v) is 12.9. The molecule has 2 aliphatic rings. The largest absolute Gasteiger partial charge is 0.493 e. The monoisotopic (exact) mass is 529 g/mol. The Morgan fingerprint density at radius 3 is 2.28 bits per heavy atom. The molecule has 0 saturated carbocycles. The first kappa shape index (κ1) is 24.8. The highest BCUT2D eigenvalue weighted by Crippen LogP contribution is 2.42. The quantitative estimate of drug-likeness (QED) is 0.403. The van der Waals surface area contributed by atoms with Crippen LogP contribution in [0.3, 0.4) is 0 Å². The molecule has 1 amide bonds. The van der Waals surface area contributed by atoms with Crippen LogP contribution in [0.25, 0.3) is 16.9 Å². The lowest BCUT2D eigenvalue weighted by molar-refractivity contribution is -0.124. The molecule has 11 heteroatoms. The lowest BCUT2D eigenvalue weighted by atomic mass is 9.85. The lowest BCUT2D eigenvalue weighted by Gasteiger charge is -2.43.